The van der Waals surface area contributed by atoms with Crippen LogP contribution in [0, 0.1) is 13.5 Å². The molecule has 0 amide bonds. The standard InChI is InChI=1S/C8H9S.CH3.2Y/c1-2-9-8-6-4-3-5-7-8;;;/h3-6H,2H2,1H3;1H3;;/q2*-1;;. The molecule has 2 radical (unpaired) electrons. The Bertz CT molecular complexity index is 165. The number of hydrogen-bond donors (Lipinski definition) is 0. The van der Waals surface area contributed by atoms with E-state index in [1.807, 2.05) is 30.0 Å². The summed E-state index contributed by atoms with van der Waals surface area (Å²) in [5.74, 6) is 1.13. The molecule has 0 saturated heterocycles. The zero-order valence-electron chi connectivity index (χ0n) is 7.58. The second-order valence-corrected chi connectivity index (χ2v) is 2.97. The fourth-order valence-electron chi connectivity index (χ4n) is 0.622. The van der Waals surface area contributed by atoms with Gasteiger partial charge in [-0.1, -0.05) is 6.92 Å². The minimum absolute atomic E-state index is 0. The molecule has 0 aromatic heterocycles. The van der Waals surface area contributed by atoms with Gasteiger partial charge in [0.25, 0.3) is 0 Å². The third-order valence-electron chi connectivity index (χ3n) is 0.980. The van der Waals surface area contributed by atoms with E-state index in [1.165, 1.54) is 4.90 Å². The van der Waals surface area contributed by atoms with Crippen molar-refractivity contribution in [2.75, 3.05) is 5.75 Å². The maximum atomic E-state index is 3.13. The maximum Gasteiger partial charge on any atom is 0 e. The second kappa shape index (κ2) is 12.8. The minimum Gasteiger partial charge on any atom is -0.358 e. The minimum atomic E-state index is 0. The van der Waals surface area contributed by atoms with Crippen LogP contribution in [0.5, 0.6) is 0 Å². The van der Waals surface area contributed by atoms with Crippen LogP contribution in [0.1, 0.15) is 6.92 Å². The molecule has 0 nitrogen and oxygen atoms in total. The summed E-state index contributed by atoms with van der Waals surface area (Å²) in [6, 6.07) is 11.2. The van der Waals surface area contributed by atoms with Gasteiger partial charge in [-0.2, -0.15) is 42.1 Å². The van der Waals surface area contributed by atoms with Crippen LogP contribution < -0.4 is 0 Å². The van der Waals surface area contributed by atoms with Crippen LogP contribution in [0.25, 0.3) is 0 Å². The summed E-state index contributed by atoms with van der Waals surface area (Å²) in [6.45, 7) is 2.14. The molecule has 0 spiro atoms. The van der Waals surface area contributed by atoms with E-state index in [-0.39, 0.29) is 72.8 Å². The van der Waals surface area contributed by atoms with E-state index in [9.17, 15) is 0 Å². The summed E-state index contributed by atoms with van der Waals surface area (Å²) in [6.07, 6.45) is 0. The van der Waals surface area contributed by atoms with E-state index in [2.05, 4.69) is 19.1 Å². The molecular weight excluding hydrogens is 318 g/mol. The Balaban J connectivity index is -0.000000270. The molecule has 62 valence electrons. The summed E-state index contributed by atoms with van der Waals surface area (Å²) >= 11 is 1.82. The van der Waals surface area contributed by atoms with Gasteiger partial charge in [0.05, 0.1) is 0 Å². The molecule has 0 fully saturated rings. The van der Waals surface area contributed by atoms with E-state index < -0.39 is 0 Å². The summed E-state index contributed by atoms with van der Waals surface area (Å²) < 4.78 is 0. The molecule has 0 bridgehead atoms. The molecule has 12 heavy (non-hydrogen) atoms. The number of rotatable bonds is 2. The topological polar surface area (TPSA) is 0 Å². The van der Waals surface area contributed by atoms with Gasteiger partial charge in [-0.3, -0.25) is 0 Å². The Morgan fingerprint density at radius 3 is 2.42 bits per heavy atom. The number of thioether (sulfide) groups is 1. The fraction of sp³-hybridized carbons (Fsp3) is 0.222. The quantitative estimate of drug-likeness (QED) is 0.593. The van der Waals surface area contributed by atoms with Crippen LogP contribution in [0.3, 0.4) is 0 Å². The van der Waals surface area contributed by atoms with Crippen LogP contribution in [-0.2, 0) is 65.4 Å². The molecule has 1 aromatic rings. The molecule has 0 atom stereocenters. The van der Waals surface area contributed by atoms with Crippen molar-refractivity contribution < 1.29 is 65.4 Å². The fourth-order valence-corrected chi connectivity index (χ4v) is 1.26. The van der Waals surface area contributed by atoms with Gasteiger partial charge in [0.15, 0.2) is 0 Å². The smallest absolute Gasteiger partial charge is 0 e. The molecule has 0 unspecified atom stereocenters. The average molecular weight is 330 g/mol. The molecule has 1 aromatic carbocycles. The average Bonchev–Trinajstić information content (AvgIpc) is 1.91. The van der Waals surface area contributed by atoms with Crippen LogP contribution >= 0.6 is 11.8 Å². The van der Waals surface area contributed by atoms with Gasteiger partial charge in [-0.25, -0.2) is 0 Å². The molecule has 0 N–H and O–H groups in total. The van der Waals surface area contributed by atoms with Gasteiger partial charge >= 0.3 is 0 Å². The summed E-state index contributed by atoms with van der Waals surface area (Å²) in [7, 11) is 0. The first kappa shape index (κ1) is 19.4. The van der Waals surface area contributed by atoms with Crippen molar-refractivity contribution in [2.24, 2.45) is 0 Å². The first-order chi connectivity index (χ1) is 4.43. The van der Waals surface area contributed by atoms with Crippen molar-refractivity contribution in [3.8, 4) is 0 Å². The number of benzene rings is 1. The Morgan fingerprint density at radius 1 is 1.33 bits per heavy atom. The van der Waals surface area contributed by atoms with Gasteiger partial charge in [0.1, 0.15) is 0 Å². The largest absolute Gasteiger partial charge is 0.358 e. The summed E-state index contributed by atoms with van der Waals surface area (Å²) in [4.78, 5) is 1.24. The summed E-state index contributed by atoms with van der Waals surface area (Å²) in [5.41, 5.74) is 0. The van der Waals surface area contributed by atoms with E-state index in [1.54, 1.807) is 0 Å². The van der Waals surface area contributed by atoms with Gasteiger partial charge in [-0.05, 0) is 5.75 Å². The van der Waals surface area contributed by atoms with Crippen molar-refractivity contribution in [1.29, 1.82) is 0 Å². The molecule has 0 aliphatic carbocycles. The number of hydrogen-bond acceptors (Lipinski definition) is 1. The predicted octanol–water partition coefficient (Wildman–Crippen LogP) is 3.04. The van der Waals surface area contributed by atoms with Crippen LogP contribution in [-0.4, -0.2) is 5.75 Å². The van der Waals surface area contributed by atoms with E-state index in [0.29, 0.717) is 0 Å². The SMILES string of the molecule is CCSc1[c-]cccc1.[CH3-].[Y].[Y]. The maximum absolute atomic E-state index is 3.13. The van der Waals surface area contributed by atoms with Crippen molar-refractivity contribution >= 4 is 11.8 Å². The van der Waals surface area contributed by atoms with Crippen molar-refractivity contribution in [2.45, 2.75) is 11.8 Å². The summed E-state index contributed by atoms with van der Waals surface area (Å²) in [5, 5.41) is 0. The molecule has 3 heteroatoms. The van der Waals surface area contributed by atoms with Gasteiger partial charge in [0, 0.05) is 65.4 Å². The predicted molar refractivity (Wildman–Crippen MR) is 48.1 cm³/mol. The van der Waals surface area contributed by atoms with E-state index in [0.717, 1.165) is 5.75 Å². The first-order valence-corrected chi connectivity index (χ1v) is 4.01. The Hall–Kier alpha value is 1.78. The second-order valence-electron chi connectivity index (χ2n) is 1.66. The first-order valence-electron chi connectivity index (χ1n) is 3.03. The molecular formula is C9H12SY2-2. The third kappa shape index (κ3) is 8.38. The zero-order chi connectivity index (χ0) is 6.53. The Labute approximate surface area is 130 Å². The van der Waals surface area contributed by atoms with Crippen LogP contribution in [0.2, 0.25) is 0 Å². The Kier molecular flexibility index (Phi) is 20.6. The normalized spacial score (nSPS) is 7.08. The van der Waals surface area contributed by atoms with Crippen LogP contribution in [0.4, 0.5) is 0 Å². The van der Waals surface area contributed by atoms with E-state index >= 15 is 0 Å². The van der Waals surface area contributed by atoms with Crippen molar-refractivity contribution in [1.82, 2.24) is 0 Å². The monoisotopic (exact) mass is 330 g/mol. The van der Waals surface area contributed by atoms with Crippen LogP contribution in [0.15, 0.2) is 29.2 Å². The van der Waals surface area contributed by atoms with Gasteiger partial charge in [-0.15, -0.1) is 4.90 Å². The third-order valence-corrected chi connectivity index (χ3v) is 1.83. The molecule has 0 aliphatic rings. The molecule has 0 heterocycles. The van der Waals surface area contributed by atoms with Gasteiger partial charge in [0.2, 0.25) is 0 Å². The molecule has 0 aliphatic heterocycles. The van der Waals surface area contributed by atoms with E-state index in [4.69, 9.17) is 0 Å². The molecule has 1 rings (SSSR count). The van der Waals surface area contributed by atoms with Crippen molar-refractivity contribution in [3.63, 3.8) is 0 Å². The molecule has 0 saturated carbocycles. The Morgan fingerprint density at radius 2 is 2.00 bits per heavy atom. The van der Waals surface area contributed by atoms with Crippen molar-refractivity contribution in [3.05, 3.63) is 37.8 Å². The van der Waals surface area contributed by atoms with Gasteiger partial charge < -0.3 is 7.43 Å². The zero-order valence-corrected chi connectivity index (χ0v) is 14.1.